The molecule has 0 saturated heterocycles. The van der Waals surface area contributed by atoms with Crippen LogP contribution in [0.3, 0.4) is 0 Å². The van der Waals surface area contributed by atoms with Crippen molar-refractivity contribution in [2.45, 2.75) is 6.61 Å². The second kappa shape index (κ2) is 6.71. The maximum atomic E-state index is 12.2. The summed E-state index contributed by atoms with van der Waals surface area (Å²) in [4.78, 5) is 12.9. The first-order chi connectivity index (χ1) is 12.7. The van der Waals surface area contributed by atoms with E-state index in [9.17, 15) is 8.78 Å². The number of alkyl halides is 2. The van der Waals surface area contributed by atoms with Crippen LogP contribution in [0.2, 0.25) is 0 Å². The predicted molar refractivity (Wildman–Crippen MR) is 90.4 cm³/mol. The van der Waals surface area contributed by atoms with Crippen molar-refractivity contribution in [3.8, 4) is 17.0 Å². The van der Waals surface area contributed by atoms with Crippen LogP contribution in [-0.2, 0) is 0 Å². The second-order valence-electron chi connectivity index (χ2n) is 5.25. The summed E-state index contributed by atoms with van der Waals surface area (Å²) in [6, 6.07) is 9.78. The van der Waals surface area contributed by atoms with Gasteiger partial charge in [0.05, 0.1) is 0 Å². The lowest BCUT2D eigenvalue weighted by molar-refractivity contribution is -0.0498. The lowest BCUT2D eigenvalue weighted by atomic mass is 10.2. The van der Waals surface area contributed by atoms with Crippen LogP contribution < -0.4 is 10.1 Å². The van der Waals surface area contributed by atoms with E-state index in [0.29, 0.717) is 23.0 Å². The fraction of sp³-hybridized carbons (Fsp3) is 0.0588. The molecule has 0 aliphatic rings. The summed E-state index contributed by atoms with van der Waals surface area (Å²) in [5.41, 5.74) is 2.69. The van der Waals surface area contributed by atoms with Crippen LogP contribution in [0.5, 0.6) is 5.75 Å². The minimum Gasteiger partial charge on any atom is -0.435 e. The van der Waals surface area contributed by atoms with Gasteiger partial charge in [0.25, 0.3) is 0 Å². The Bertz CT molecular complexity index is 1020. The average Bonchev–Trinajstić information content (AvgIpc) is 3.06. The van der Waals surface area contributed by atoms with E-state index in [1.807, 2.05) is 12.1 Å². The first kappa shape index (κ1) is 15.9. The van der Waals surface area contributed by atoms with Gasteiger partial charge < -0.3 is 10.1 Å². The van der Waals surface area contributed by atoms with Crippen LogP contribution in [0.1, 0.15) is 0 Å². The molecule has 7 nitrogen and oxygen atoms in total. The van der Waals surface area contributed by atoms with Crippen LogP contribution in [0.15, 0.2) is 61.2 Å². The number of pyridine rings is 1. The maximum Gasteiger partial charge on any atom is 0.387 e. The van der Waals surface area contributed by atoms with E-state index in [-0.39, 0.29) is 5.75 Å². The predicted octanol–water partition coefficient (Wildman–Crippen LogP) is 3.53. The highest BCUT2D eigenvalue weighted by atomic mass is 19.3. The Morgan fingerprint density at radius 3 is 2.65 bits per heavy atom. The van der Waals surface area contributed by atoms with Gasteiger partial charge in [-0.15, -0.1) is 5.10 Å². The number of aromatic nitrogens is 5. The number of anilines is 2. The van der Waals surface area contributed by atoms with Crippen molar-refractivity contribution in [3.05, 3.63) is 61.2 Å². The van der Waals surface area contributed by atoms with Crippen molar-refractivity contribution >= 4 is 17.3 Å². The normalized spacial score (nSPS) is 11.0. The highest BCUT2D eigenvalue weighted by Gasteiger charge is 2.11. The topological polar surface area (TPSA) is 77.2 Å². The monoisotopic (exact) mass is 354 g/mol. The van der Waals surface area contributed by atoms with Gasteiger partial charge in [-0.3, -0.25) is 9.97 Å². The Morgan fingerprint density at radius 2 is 1.92 bits per heavy atom. The summed E-state index contributed by atoms with van der Waals surface area (Å²) in [5, 5.41) is 7.37. The molecule has 3 heterocycles. The molecule has 0 aliphatic heterocycles. The number of nitrogens with one attached hydrogen (secondary N) is 1. The van der Waals surface area contributed by atoms with E-state index in [2.05, 4.69) is 30.1 Å². The van der Waals surface area contributed by atoms with Gasteiger partial charge in [0.1, 0.15) is 11.4 Å². The molecule has 0 unspecified atom stereocenters. The highest BCUT2D eigenvalue weighted by Crippen LogP contribution is 2.23. The number of halogens is 2. The molecule has 3 aromatic heterocycles. The molecule has 0 saturated carbocycles. The summed E-state index contributed by atoms with van der Waals surface area (Å²) in [6.45, 7) is -2.85. The minimum atomic E-state index is -2.85. The van der Waals surface area contributed by atoms with Gasteiger partial charge in [0, 0.05) is 36.0 Å². The first-order valence-electron chi connectivity index (χ1n) is 7.63. The third-order valence-corrected chi connectivity index (χ3v) is 3.53. The van der Waals surface area contributed by atoms with Crippen LogP contribution in [-0.4, -0.2) is 31.2 Å². The van der Waals surface area contributed by atoms with Gasteiger partial charge >= 0.3 is 6.61 Å². The summed E-state index contributed by atoms with van der Waals surface area (Å²) >= 11 is 0. The highest BCUT2D eigenvalue weighted by molar-refractivity contribution is 5.73. The Labute approximate surface area is 146 Å². The summed E-state index contributed by atoms with van der Waals surface area (Å²) < 4.78 is 30.3. The summed E-state index contributed by atoms with van der Waals surface area (Å²) in [7, 11) is 0. The molecule has 4 aromatic rings. The first-order valence-corrected chi connectivity index (χ1v) is 7.63. The molecule has 9 heteroatoms. The largest absolute Gasteiger partial charge is 0.435 e. The van der Waals surface area contributed by atoms with E-state index in [4.69, 9.17) is 0 Å². The average molecular weight is 354 g/mol. The Balaban J connectivity index is 1.62. The lowest BCUT2D eigenvalue weighted by Gasteiger charge is -2.05. The van der Waals surface area contributed by atoms with Gasteiger partial charge in [-0.25, -0.2) is 4.52 Å². The fourth-order valence-electron chi connectivity index (χ4n) is 2.43. The Morgan fingerprint density at radius 1 is 1.08 bits per heavy atom. The summed E-state index contributed by atoms with van der Waals surface area (Å²) in [5.74, 6) is 0.433. The molecule has 0 amide bonds. The van der Waals surface area contributed by atoms with Gasteiger partial charge in [-0.1, -0.05) is 0 Å². The number of ether oxygens (including phenoxy) is 1. The molecular formula is C17H12F2N6O. The molecule has 0 aliphatic carbocycles. The zero-order chi connectivity index (χ0) is 17.9. The standard InChI is InChI=1S/C17H12F2N6O/c18-16(19)26-13-5-3-12(4-6-13)22-17-23-15-14(11-2-1-7-20-10-11)21-8-9-25(15)24-17/h1-10,16H,(H,22,24). The second-order valence-corrected chi connectivity index (χ2v) is 5.25. The Hall–Kier alpha value is -3.62. The molecule has 26 heavy (non-hydrogen) atoms. The van der Waals surface area contributed by atoms with Crippen molar-refractivity contribution in [1.29, 1.82) is 0 Å². The molecule has 1 aromatic carbocycles. The quantitative estimate of drug-likeness (QED) is 0.591. The zero-order valence-corrected chi connectivity index (χ0v) is 13.3. The molecule has 0 atom stereocenters. The van der Waals surface area contributed by atoms with E-state index < -0.39 is 6.61 Å². The fourth-order valence-corrected chi connectivity index (χ4v) is 2.43. The van der Waals surface area contributed by atoms with E-state index >= 15 is 0 Å². The van der Waals surface area contributed by atoms with Gasteiger partial charge in [0.15, 0.2) is 5.65 Å². The number of hydrogen-bond acceptors (Lipinski definition) is 6. The molecule has 0 radical (unpaired) electrons. The van der Waals surface area contributed by atoms with Crippen LogP contribution in [0.25, 0.3) is 16.9 Å². The number of rotatable bonds is 5. The maximum absolute atomic E-state index is 12.2. The zero-order valence-electron chi connectivity index (χ0n) is 13.3. The number of fused-ring (bicyclic) bond motifs is 1. The van der Waals surface area contributed by atoms with Crippen molar-refractivity contribution in [2.75, 3.05) is 5.32 Å². The molecular weight excluding hydrogens is 342 g/mol. The Kier molecular flexibility index (Phi) is 4.10. The molecule has 0 fully saturated rings. The molecule has 0 bridgehead atoms. The van der Waals surface area contributed by atoms with Gasteiger partial charge in [0.2, 0.25) is 5.95 Å². The SMILES string of the molecule is FC(F)Oc1ccc(Nc2nc3c(-c4cccnc4)nccn3n2)cc1. The van der Waals surface area contributed by atoms with Crippen molar-refractivity contribution in [1.82, 2.24) is 24.6 Å². The van der Waals surface area contributed by atoms with E-state index in [0.717, 1.165) is 5.56 Å². The van der Waals surface area contributed by atoms with E-state index in [1.165, 1.54) is 12.1 Å². The summed E-state index contributed by atoms with van der Waals surface area (Å²) in [6.07, 6.45) is 6.70. The number of nitrogens with zero attached hydrogens (tertiary/aromatic N) is 5. The molecule has 1 N–H and O–H groups in total. The van der Waals surface area contributed by atoms with Crippen molar-refractivity contribution < 1.29 is 13.5 Å². The number of hydrogen-bond donors (Lipinski definition) is 1. The molecule has 130 valence electrons. The van der Waals surface area contributed by atoms with Crippen LogP contribution >= 0.6 is 0 Å². The van der Waals surface area contributed by atoms with E-state index in [1.54, 1.807) is 41.4 Å². The van der Waals surface area contributed by atoms with Crippen LogP contribution in [0, 0.1) is 0 Å². The minimum absolute atomic E-state index is 0.0802. The smallest absolute Gasteiger partial charge is 0.387 e. The van der Waals surface area contributed by atoms with Crippen LogP contribution in [0.4, 0.5) is 20.4 Å². The molecule has 4 rings (SSSR count). The third-order valence-electron chi connectivity index (χ3n) is 3.53. The molecule has 0 spiro atoms. The van der Waals surface area contributed by atoms with Crippen molar-refractivity contribution in [2.24, 2.45) is 0 Å². The number of benzene rings is 1. The van der Waals surface area contributed by atoms with Gasteiger partial charge in [-0.2, -0.15) is 13.8 Å². The van der Waals surface area contributed by atoms with Gasteiger partial charge in [-0.05, 0) is 36.4 Å². The van der Waals surface area contributed by atoms with Crippen molar-refractivity contribution in [3.63, 3.8) is 0 Å². The lowest BCUT2D eigenvalue weighted by Crippen LogP contribution is -2.01. The third kappa shape index (κ3) is 3.27.